The monoisotopic (exact) mass is 294 g/mol. The summed E-state index contributed by atoms with van der Waals surface area (Å²) < 4.78 is 4.83. The summed E-state index contributed by atoms with van der Waals surface area (Å²) >= 11 is 1.49. The Balaban J connectivity index is 1.82. The molecule has 1 aromatic rings. The maximum Gasteiger partial charge on any atom is 0.350 e. The summed E-state index contributed by atoms with van der Waals surface area (Å²) in [6.45, 7) is 2.97. The summed E-state index contributed by atoms with van der Waals surface area (Å²) in [5.41, 5.74) is 0.800. The number of anilines is 1. The Hall–Kier alpha value is -1.10. The van der Waals surface area contributed by atoms with Crippen molar-refractivity contribution < 1.29 is 9.53 Å². The number of methoxy groups -OCH3 is 1. The van der Waals surface area contributed by atoms with Gasteiger partial charge in [-0.2, -0.15) is 0 Å². The van der Waals surface area contributed by atoms with Crippen molar-refractivity contribution in [1.82, 2.24) is 4.98 Å². The van der Waals surface area contributed by atoms with Crippen molar-refractivity contribution in [1.29, 1.82) is 0 Å². The number of aromatic nitrogens is 1. The van der Waals surface area contributed by atoms with Crippen LogP contribution in [0.1, 0.15) is 53.9 Å². The summed E-state index contributed by atoms with van der Waals surface area (Å²) in [4.78, 5) is 19.5. The van der Waals surface area contributed by atoms with E-state index in [1.165, 1.54) is 57.0 Å². The van der Waals surface area contributed by atoms with Gasteiger partial charge in [-0.3, -0.25) is 0 Å². The first-order chi connectivity index (χ1) is 9.70. The topological polar surface area (TPSA) is 42.4 Å². The summed E-state index contributed by atoms with van der Waals surface area (Å²) in [5.74, 6) is 0.561. The molecule has 4 nitrogen and oxygen atoms in total. The van der Waals surface area contributed by atoms with E-state index >= 15 is 0 Å². The molecule has 2 heterocycles. The van der Waals surface area contributed by atoms with Crippen LogP contribution in [0.3, 0.4) is 0 Å². The molecule has 2 fully saturated rings. The van der Waals surface area contributed by atoms with Gasteiger partial charge in [0, 0.05) is 12.6 Å². The van der Waals surface area contributed by atoms with Crippen molar-refractivity contribution in [2.75, 3.05) is 18.6 Å². The lowest BCUT2D eigenvalue weighted by Gasteiger charge is -2.29. The molecule has 1 saturated carbocycles. The molecule has 1 atom stereocenters. The van der Waals surface area contributed by atoms with E-state index in [2.05, 4.69) is 9.88 Å². The van der Waals surface area contributed by atoms with Gasteiger partial charge >= 0.3 is 5.97 Å². The van der Waals surface area contributed by atoms with E-state index in [0.717, 1.165) is 23.3 Å². The van der Waals surface area contributed by atoms with Gasteiger partial charge in [0.05, 0.1) is 12.8 Å². The van der Waals surface area contributed by atoms with Gasteiger partial charge in [-0.1, -0.05) is 24.2 Å². The molecule has 0 spiro atoms. The van der Waals surface area contributed by atoms with E-state index in [9.17, 15) is 4.79 Å². The molecule has 3 rings (SSSR count). The molecule has 20 heavy (non-hydrogen) atoms. The molecular weight excluding hydrogens is 272 g/mol. The second-order valence-corrected chi connectivity index (χ2v) is 6.83. The lowest BCUT2D eigenvalue weighted by atomic mass is 9.96. The number of carbonyl (C=O) groups excluding carboxylic acids is 1. The van der Waals surface area contributed by atoms with Crippen LogP contribution < -0.4 is 4.90 Å². The molecule has 1 aliphatic carbocycles. The maximum atomic E-state index is 11.7. The van der Waals surface area contributed by atoms with Crippen LogP contribution in [0.25, 0.3) is 0 Å². The van der Waals surface area contributed by atoms with Crippen LogP contribution in [0.4, 0.5) is 5.13 Å². The predicted molar refractivity (Wildman–Crippen MR) is 80.5 cm³/mol. The molecule has 1 unspecified atom stereocenters. The third kappa shape index (κ3) is 2.43. The average molecular weight is 294 g/mol. The molecule has 1 saturated heterocycles. The van der Waals surface area contributed by atoms with Gasteiger partial charge in [0.2, 0.25) is 0 Å². The summed E-state index contributed by atoms with van der Waals surface area (Å²) in [6, 6.07) is 0.633. The molecule has 5 heteroatoms. The first kappa shape index (κ1) is 13.9. The zero-order valence-corrected chi connectivity index (χ0v) is 13.0. The smallest absolute Gasteiger partial charge is 0.350 e. The lowest BCUT2D eigenvalue weighted by Crippen LogP contribution is -2.34. The normalized spacial score (nSPS) is 23.5. The van der Waals surface area contributed by atoms with Crippen LogP contribution in [0.2, 0.25) is 0 Å². The Labute approximate surface area is 124 Å². The summed E-state index contributed by atoms with van der Waals surface area (Å²) in [5, 5.41) is 1.01. The highest BCUT2D eigenvalue weighted by Gasteiger charge is 2.35. The number of esters is 1. The SMILES string of the molecule is COC(=O)c1sc(N2CCCC2C2CCCC2)nc1C. The Bertz CT molecular complexity index is 494. The van der Waals surface area contributed by atoms with E-state index in [1.807, 2.05) is 6.92 Å². The number of carbonyl (C=O) groups is 1. The second kappa shape index (κ2) is 5.72. The number of hydrogen-bond acceptors (Lipinski definition) is 5. The van der Waals surface area contributed by atoms with Crippen LogP contribution in [-0.2, 0) is 4.74 Å². The standard InChI is InChI=1S/C15H22N2O2S/c1-10-13(14(18)19-2)20-15(16-10)17-9-5-8-12(17)11-6-3-4-7-11/h11-12H,3-9H2,1-2H3. The first-order valence-electron chi connectivity index (χ1n) is 7.53. The fourth-order valence-electron chi connectivity index (χ4n) is 3.65. The predicted octanol–water partition coefficient (Wildman–Crippen LogP) is 3.40. The zero-order chi connectivity index (χ0) is 14.1. The third-order valence-corrected chi connectivity index (χ3v) is 5.82. The average Bonchev–Trinajstić information content (AvgIpc) is 3.16. The van der Waals surface area contributed by atoms with E-state index in [4.69, 9.17) is 4.74 Å². The first-order valence-corrected chi connectivity index (χ1v) is 8.34. The van der Waals surface area contributed by atoms with Crippen molar-refractivity contribution >= 4 is 22.4 Å². The minimum absolute atomic E-state index is 0.261. The van der Waals surface area contributed by atoms with Crippen LogP contribution in [-0.4, -0.2) is 30.6 Å². The van der Waals surface area contributed by atoms with Gasteiger partial charge in [0.1, 0.15) is 4.88 Å². The fourth-order valence-corrected chi connectivity index (χ4v) is 4.72. The van der Waals surface area contributed by atoms with Crippen molar-refractivity contribution in [3.63, 3.8) is 0 Å². The minimum Gasteiger partial charge on any atom is -0.465 e. The second-order valence-electron chi connectivity index (χ2n) is 5.85. The number of nitrogens with zero attached hydrogens (tertiary/aromatic N) is 2. The van der Waals surface area contributed by atoms with Gasteiger partial charge in [-0.25, -0.2) is 9.78 Å². The highest BCUT2D eigenvalue weighted by molar-refractivity contribution is 7.17. The molecule has 1 aliphatic heterocycles. The van der Waals surface area contributed by atoms with Crippen molar-refractivity contribution in [3.8, 4) is 0 Å². The molecule has 0 bridgehead atoms. The van der Waals surface area contributed by atoms with Crippen LogP contribution in [0.5, 0.6) is 0 Å². The molecule has 0 aromatic carbocycles. The Morgan fingerprint density at radius 1 is 1.30 bits per heavy atom. The quantitative estimate of drug-likeness (QED) is 0.801. The van der Waals surface area contributed by atoms with Crippen LogP contribution in [0.15, 0.2) is 0 Å². The van der Waals surface area contributed by atoms with Crippen molar-refractivity contribution in [2.24, 2.45) is 5.92 Å². The van der Waals surface area contributed by atoms with Crippen LogP contribution in [0, 0.1) is 12.8 Å². The van der Waals surface area contributed by atoms with E-state index in [1.54, 1.807) is 0 Å². The molecular formula is C15H22N2O2S. The Morgan fingerprint density at radius 2 is 2.05 bits per heavy atom. The van der Waals surface area contributed by atoms with E-state index in [-0.39, 0.29) is 5.97 Å². The van der Waals surface area contributed by atoms with E-state index < -0.39 is 0 Å². The largest absolute Gasteiger partial charge is 0.465 e. The van der Waals surface area contributed by atoms with Gasteiger partial charge in [-0.15, -0.1) is 0 Å². The minimum atomic E-state index is -0.261. The molecule has 0 radical (unpaired) electrons. The highest BCUT2D eigenvalue weighted by atomic mass is 32.1. The fraction of sp³-hybridized carbons (Fsp3) is 0.733. The van der Waals surface area contributed by atoms with Crippen molar-refractivity contribution in [3.05, 3.63) is 10.6 Å². The van der Waals surface area contributed by atoms with E-state index in [0.29, 0.717) is 10.9 Å². The van der Waals surface area contributed by atoms with Crippen LogP contribution >= 0.6 is 11.3 Å². The third-order valence-electron chi connectivity index (χ3n) is 4.65. The Morgan fingerprint density at radius 3 is 2.75 bits per heavy atom. The molecule has 1 aromatic heterocycles. The molecule has 0 amide bonds. The molecule has 110 valence electrons. The van der Waals surface area contributed by atoms with Gasteiger partial charge in [0.25, 0.3) is 0 Å². The summed E-state index contributed by atoms with van der Waals surface area (Å²) in [7, 11) is 1.43. The van der Waals surface area contributed by atoms with Gasteiger partial charge in [-0.05, 0) is 38.5 Å². The highest BCUT2D eigenvalue weighted by Crippen LogP contribution is 2.39. The number of ether oxygens (including phenoxy) is 1. The number of hydrogen-bond donors (Lipinski definition) is 0. The zero-order valence-electron chi connectivity index (χ0n) is 12.2. The maximum absolute atomic E-state index is 11.7. The lowest BCUT2D eigenvalue weighted by molar-refractivity contribution is 0.0605. The molecule has 2 aliphatic rings. The number of thiazole rings is 1. The number of aryl methyl sites for hydroxylation is 1. The Kier molecular flexibility index (Phi) is 3.96. The van der Waals surface area contributed by atoms with Gasteiger partial charge in [0.15, 0.2) is 5.13 Å². The van der Waals surface area contributed by atoms with Crippen molar-refractivity contribution in [2.45, 2.75) is 51.5 Å². The molecule has 0 N–H and O–H groups in total. The summed E-state index contributed by atoms with van der Waals surface area (Å²) in [6.07, 6.45) is 7.98. The van der Waals surface area contributed by atoms with Gasteiger partial charge < -0.3 is 9.64 Å². The number of rotatable bonds is 3.